The van der Waals surface area contributed by atoms with Crippen LogP contribution in [-0.4, -0.2) is 31.6 Å². The molecule has 1 N–H and O–H groups in total. The lowest BCUT2D eigenvalue weighted by Gasteiger charge is -2.22. The van der Waals surface area contributed by atoms with Crippen LogP contribution >= 0.6 is 0 Å². The lowest BCUT2D eigenvalue weighted by Crippen LogP contribution is -2.33. The molecule has 1 fully saturated rings. The molecule has 4 heteroatoms. The Kier molecular flexibility index (Phi) is 4.20. The van der Waals surface area contributed by atoms with Crippen molar-refractivity contribution >= 4 is 0 Å². The van der Waals surface area contributed by atoms with E-state index in [4.69, 9.17) is 14.2 Å². The highest BCUT2D eigenvalue weighted by molar-refractivity contribution is 5.43. The maximum absolute atomic E-state index is 5.92. The third-order valence-corrected chi connectivity index (χ3v) is 4.16. The highest BCUT2D eigenvalue weighted by Crippen LogP contribution is 2.34. The second kappa shape index (κ2) is 5.95. The normalized spacial score (nSPS) is 27.8. The van der Waals surface area contributed by atoms with Gasteiger partial charge in [0, 0.05) is 18.2 Å². The van der Waals surface area contributed by atoms with Gasteiger partial charge in [0.1, 0.15) is 5.75 Å². The Labute approximate surface area is 126 Å². The van der Waals surface area contributed by atoms with Crippen molar-refractivity contribution in [2.75, 3.05) is 19.8 Å². The molecule has 0 radical (unpaired) electrons. The number of benzene rings is 1. The van der Waals surface area contributed by atoms with Gasteiger partial charge in [0.15, 0.2) is 5.79 Å². The molecule has 2 heterocycles. The van der Waals surface area contributed by atoms with Crippen molar-refractivity contribution < 1.29 is 14.2 Å². The predicted octanol–water partition coefficient (Wildman–Crippen LogP) is 2.95. The molecule has 0 bridgehead atoms. The zero-order valence-electron chi connectivity index (χ0n) is 13.1. The smallest absolute Gasteiger partial charge is 0.163 e. The zero-order chi connectivity index (χ0) is 14.9. The van der Waals surface area contributed by atoms with Crippen LogP contribution in [-0.2, 0) is 9.47 Å². The predicted molar refractivity (Wildman–Crippen MR) is 81.6 cm³/mol. The molecule has 21 heavy (non-hydrogen) atoms. The van der Waals surface area contributed by atoms with Crippen molar-refractivity contribution in [1.82, 2.24) is 5.32 Å². The molecule has 0 spiro atoms. The highest BCUT2D eigenvalue weighted by atomic mass is 16.7. The zero-order valence-corrected chi connectivity index (χ0v) is 13.1. The van der Waals surface area contributed by atoms with E-state index >= 15 is 0 Å². The number of hydrogen-bond acceptors (Lipinski definition) is 4. The third-order valence-electron chi connectivity index (χ3n) is 4.16. The van der Waals surface area contributed by atoms with Crippen LogP contribution in [0, 0.1) is 6.92 Å². The van der Waals surface area contributed by atoms with E-state index < -0.39 is 5.79 Å². The second-order valence-corrected chi connectivity index (χ2v) is 6.40. The minimum atomic E-state index is -0.451. The molecule has 1 aromatic carbocycles. The van der Waals surface area contributed by atoms with Gasteiger partial charge in [0.25, 0.3) is 0 Å². The quantitative estimate of drug-likeness (QED) is 0.929. The van der Waals surface area contributed by atoms with Crippen molar-refractivity contribution in [3.63, 3.8) is 0 Å². The Morgan fingerprint density at radius 1 is 1.33 bits per heavy atom. The summed E-state index contributed by atoms with van der Waals surface area (Å²) in [6, 6.07) is 6.71. The first kappa shape index (κ1) is 14.8. The summed E-state index contributed by atoms with van der Waals surface area (Å²) >= 11 is 0. The standard InChI is InChI=1S/C17H25NO3/c1-12-6-4-7-14-15(8-5-9-19-16(12)14)18-10-13-11-20-17(2,3)21-13/h4,6-7,13,15,18H,5,8-11H2,1-3H3. The van der Waals surface area contributed by atoms with Gasteiger partial charge >= 0.3 is 0 Å². The molecular weight excluding hydrogens is 266 g/mol. The molecule has 116 valence electrons. The minimum Gasteiger partial charge on any atom is -0.493 e. The molecule has 4 nitrogen and oxygen atoms in total. The van der Waals surface area contributed by atoms with Gasteiger partial charge in [-0.05, 0) is 39.2 Å². The van der Waals surface area contributed by atoms with E-state index in [1.165, 1.54) is 11.1 Å². The first-order valence-corrected chi connectivity index (χ1v) is 7.83. The van der Waals surface area contributed by atoms with Gasteiger partial charge in [-0.3, -0.25) is 0 Å². The Bertz CT molecular complexity index is 501. The molecule has 3 rings (SSSR count). The van der Waals surface area contributed by atoms with Crippen LogP contribution in [0.15, 0.2) is 18.2 Å². The van der Waals surface area contributed by atoms with Crippen molar-refractivity contribution in [3.05, 3.63) is 29.3 Å². The average Bonchev–Trinajstić information content (AvgIpc) is 2.67. The molecule has 0 saturated carbocycles. The molecule has 2 atom stereocenters. The van der Waals surface area contributed by atoms with Crippen LogP contribution in [0.1, 0.15) is 43.9 Å². The monoisotopic (exact) mass is 291 g/mol. The first-order valence-electron chi connectivity index (χ1n) is 7.83. The molecule has 0 aromatic heterocycles. The fourth-order valence-corrected chi connectivity index (χ4v) is 3.11. The summed E-state index contributed by atoms with van der Waals surface area (Å²) < 4.78 is 17.4. The van der Waals surface area contributed by atoms with E-state index in [2.05, 4.69) is 30.4 Å². The summed E-state index contributed by atoms with van der Waals surface area (Å²) in [5, 5.41) is 3.64. The number of fused-ring (bicyclic) bond motifs is 1. The van der Waals surface area contributed by atoms with Crippen molar-refractivity contribution in [1.29, 1.82) is 0 Å². The number of para-hydroxylation sites is 1. The maximum atomic E-state index is 5.92. The van der Waals surface area contributed by atoms with Gasteiger partial charge in [0.2, 0.25) is 0 Å². The maximum Gasteiger partial charge on any atom is 0.163 e. The largest absolute Gasteiger partial charge is 0.493 e. The topological polar surface area (TPSA) is 39.7 Å². The summed E-state index contributed by atoms with van der Waals surface area (Å²) in [4.78, 5) is 0. The molecule has 1 aromatic rings. The molecule has 2 unspecified atom stereocenters. The number of aryl methyl sites for hydroxylation is 1. The van der Waals surface area contributed by atoms with E-state index in [1.54, 1.807) is 0 Å². The molecule has 1 saturated heterocycles. The Balaban J connectivity index is 1.67. The highest BCUT2D eigenvalue weighted by Gasteiger charge is 2.33. The third kappa shape index (κ3) is 3.39. The first-order chi connectivity index (χ1) is 10.1. The Morgan fingerprint density at radius 2 is 2.19 bits per heavy atom. The molecule has 2 aliphatic heterocycles. The van der Waals surface area contributed by atoms with Crippen LogP contribution in [0.2, 0.25) is 0 Å². The summed E-state index contributed by atoms with van der Waals surface area (Å²) in [5.74, 6) is 0.601. The van der Waals surface area contributed by atoms with Crippen LogP contribution in [0.3, 0.4) is 0 Å². The van der Waals surface area contributed by atoms with Crippen molar-refractivity contribution in [2.45, 2.75) is 51.5 Å². The lowest BCUT2D eigenvalue weighted by molar-refractivity contribution is -0.137. The van der Waals surface area contributed by atoms with Crippen LogP contribution in [0.25, 0.3) is 0 Å². The van der Waals surface area contributed by atoms with E-state index in [-0.39, 0.29) is 6.10 Å². The van der Waals surface area contributed by atoms with E-state index in [1.807, 2.05) is 13.8 Å². The van der Waals surface area contributed by atoms with Gasteiger partial charge in [-0.2, -0.15) is 0 Å². The minimum absolute atomic E-state index is 0.123. The molecular formula is C17H25NO3. The van der Waals surface area contributed by atoms with Crippen molar-refractivity contribution in [3.8, 4) is 5.75 Å². The summed E-state index contributed by atoms with van der Waals surface area (Å²) in [6.07, 6.45) is 2.28. The van der Waals surface area contributed by atoms with Crippen molar-refractivity contribution in [2.24, 2.45) is 0 Å². The molecule has 0 aliphatic carbocycles. The number of hydrogen-bond donors (Lipinski definition) is 1. The number of nitrogens with one attached hydrogen (secondary N) is 1. The summed E-state index contributed by atoms with van der Waals surface area (Å²) in [5.41, 5.74) is 2.48. The Morgan fingerprint density at radius 3 is 2.95 bits per heavy atom. The van der Waals surface area contributed by atoms with Gasteiger partial charge in [-0.15, -0.1) is 0 Å². The summed E-state index contributed by atoms with van der Waals surface area (Å²) in [6.45, 7) is 8.30. The number of ether oxygens (including phenoxy) is 3. The van der Waals surface area contributed by atoms with Gasteiger partial charge in [0.05, 0.1) is 19.3 Å². The van der Waals surface area contributed by atoms with Crippen LogP contribution in [0.4, 0.5) is 0 Å². The van der Waals surface area contributed by atoms with E-state index in [0.29, 0.717) is 12.6 Å². The van der Waals surface area contributed by atoms with Gasteiger partial charge in [-0.1, -0.05) is 18.2 Å². The fourth-order valence-electron chi connectivity index (χ4n) is 3.11. The van der Waals surface area contributed by atoms with E-state index in [0.717, 1.165) is 31.7 Å². The fraction of sp³-hybridized carbons (Fsp3) is 0.647. The van der Waals surface area contributed by atoms with E-state index in [9.17, 15) is 0 Å². The number of rotatable bonds is 3. The Hall–Kier alpha value is -1.10. The van der Waals surface area contributed by atoms with Gasteiger partial charge < -0.3 is 19.5 Å². The van der Waals surface area contributed by atoms with Gasteiger partial charge in [-0.25, -0.2) is 0 Å². The average molecular weight is 291 g/mol. The van der Waals surface area contributed by atoms with Crippen LogP contribution < -0.4 is 10.1 Å². The molecule has 0 amide bonds. The lowest BCUT2D eigenvalue weighted by atomic mass is 9.99. The molecule has 2 aliphatic rings. The summed E-state index contributed by atoms with van der Waals surface area (Å²) in [7, 11) is 0. The van der Waals surface area contributed by atoms with Crippen LogP contribution in [0.5, 0.6) is 5.75 Å². The SMILES string of the molecule is Cc1cccc2c1OCCCC2NCC1COC(C)(C)O1. The second-order valence-electron chi connectivity index (χ2n) is 6.40.